The van der Waals surface area contributed by atoms with Crippen molar-refractivity contribution in [3.05, 3.63) is 0 Å². The second-order valence-electron chi connectivity index (χ2n) is 6.04. The number of aliphatic hydroxyl groups excluding tert-OH is 2. The van der Waals surface area contributed by atoms with Crippen molar-refractivity contribution in [3.63, 3.8) is 0 Å². The number of likely N-dealkylation sites (tertiary alicyclic amines) is 1. The summed E-state index contributed by atoms with van der Waals surface area (Å²) in [5, 5.41) is 17.0. The van der Waals surface area contributed by atoms with Crippen LogP contribution in [0.2, 0.25) is 0 Å². The van der Waals surface area contributed by atoms with Crippen LogP contribution in [0.3, 0.4) is 0 Å². The summed E-state index contributed by atoms with van der Waals surface area (Å²) < 4.78 is 10.5. The molecule has 0 amide bonds. The zero-order chi connectivity index (χ0) is 16.1. The summed E-state index contributed by atoms with van der Waals surface area (Å²) in [6, 6.07) is 0. The van der Waals surface area contributed by atoms with E-state index in [0.717, 1.165) is 13.2 Å². The van der Waals surface area contributed by atoms with Gasteiger partial charge in [0.2, 0.25) is 0 Å². The largest absolute Gasteiger partial charge is 0.394 e. The van der Waals surface area contributed by atoms with Crippen molar-refractivity contribution in [2.45, 2.75) is 80.1 Å². The molecule has 1 saturated heterocycles. The lowest BCUT2D eigenvalue weighted by atomic mass is 10.1. The van der Waals surface area contributed by atoms with Gasteiger partial charge in [-0.3, -0.25) is 0 Å². The third-order valence-electron chi connectivity index (χ3n) is 3.14. The molecule has 1 heterocycles. The number of aliphatic hydroxyl groups is 2. The predicted octanol–water partition coefficient (Wildman–Crippen LogP) is 2.93. The molecule has 0 aromatic heterocycles. The van der Waals surface area contributed by atoms with Gasteiger partial charge in [0.25, 0.3) is 0 Å². The first-order valence-electron chi connectivity index (χ1n) is 8.20. The Hall–Kier alpha value is -0.200. The van der Waals surface area contributed by atoms with Gasteiger partial charge in [-0.1, -0.05) is 21.3 Å². The quantitative estimate of drug-likeness (QED) is 0.713. The van der Waals surface area contributed by atoms with Gasteiger partial charge in [0, 0.05) is 6.54 Å². The molecule has 0 radical (unpaired) electrons. The monoisotopic (exact) mass is 337 g/mol. The molecule has 0 aliphatic carbocycles. The molecular formula is C18H43NO4. The second-order valence-corrected chi connectivity index (χ2v) is 6.04. The third-order valence-corrected chi connectivity index (χ3v) is 3.14. The average Bonchev–Trinajstić information content (AvgIpc) is 2.46. The Morgan fingerprint density at radius 1 is 0.913 bits per heavy atom. The highest BCUT2D eigenvalue weighted by molar-refractivity contribution is 4.63. The van der Waals surface area contributed by atoms with Gasteiger partial charge in [-0.2, -0.15) is 0 Å². The zero-order valence-electron chi connectivity index (χ0n) is 14.3. The van der Waals surface area contributed by atoms with Crippen molar-refractivity contribution in [2.24, 2.45) is 0 Å². The number of hydrogen-bond donors (Lipinski definition) is 2. The lowest BCUT2D eigenvalue weighted by molar-refractivity contribution is -0.0167. The maximum atomic E-state index is 8.73. The molecule has 1 rings (SSSR count). The van der Waals surface area contributed by atoms with Crippen LogP contribution in [0.25, 0.3) is 0 Å². The Kier molecular flexibility index (Phi) is 21.8. The van der Waals surface area contributed by atoms with Crippen LogP contribution in [0, 0.1) is 0 Å². The minimum atomic E-state index is -0.729. The van der Waals surface area contributed by atoms with E-state index in [2.05, 4.69) is 18.7 Å². The number of piperidine rings is 1. The van der Waals surface area contributed by atoms with Crippen LogP contribution in [0.4, 0.5) is 0 Å². The Labute approximate surface area is 145 Å². The van der Waals surface area contributed by atoms with Gasteiger partial charge >= 0.3 is 0 Å². The predicted molar refractivity (Wildman–Crippen MR) is 99.0 cm³/mol. The maximum Gasteiger partial charge on any atom is 0.100 e. The third kappa shape index (κ3) is 19.8. The van der Waals surface area contributed by atoms with E-state index in [-0.39, 0.29) is 34.2 Å². The Morgan fingerprint density at radius 3 is 1.87 bits per heavy atom. The van der Waals surface area contributed by atoms with E-state index >= 15 is 0 Å². The molecule has 5 nitrogen and oxygen atoms in total. The molecule has 0 aromatic rings. The normalized spacial score (nSPS) is 16.2. The summed E-state index contributed by atoms with van der Waals surface area (Å²) in [7, 11) is 0. The molecule has 1 aliphatic heterocycles. The molecule has 1 fully saturated rings. The molecule has 144 valence electrons. The summed E-state index contributed by atoms with van der Waals surface area (Å²) >= 11 is 0. The SMILES string of the molecule is C.C.CC(C)OCC(O)CO.CC(C)OCCN1CCCCC1. The molecule has 2 N–H and O–H groups in total. The van der Waals surface area contributed by atoms with Crippen LogP contribution < -0.4 is 0 Å². The summed E-state index contributed by atoms with van der Waals surface area (Å²) in [5.74, 6) is 0. The van der Waals surface area contributed by atoms with Crippen molar-refractivity contribution < 1.29 is 19.7 Å². The number of nitrogens with zero attached hydrogens (tertiary/aromatic N) is 1. The fourth-order valence-corrected chi connectivity index (χ4v) is 1.96. The molecule has 1 atom stereocenters. The van der Waals surface area contributed by atoms with Crippen molar-refractivity contribution in [1.29, 1.82) is 0 Å². The molecule has 5 heteroatoms. The van der Waals surface area contributed by atoms with Crippen molar-refractivity contribution >= 4 is 0 Å². The second kappa shape index (κ2) is 18.1. The van der Waals surface area contributed by atoms with Crippen LogP contribution in [-0.4, -0.2) is 72.9 Å². The van der Waals surface area contributed by atoms with Crippen LogP contribution in [0.5, 0.6) is 0 Å². The molecule has 0 spiro atoms. The first-order chi connectivity index (χ1) is 9.95. The molecule has 0 saturated carbocycles. The molecule has 1 aliphatic rings. The van der Waals surface area contributed by atoms with Crippen LogP contribution >= 0.6 is 0 Å². The van der Waals surface area contributed by atoms with E-state index in [0.29, 0.717) is 6.10 Å². The summed E-state index contributed by atoms with van der Waals surface area (Å²) in [5.41, 5.74) is 0. The van der Waals surface area contributed by atoms with Crippen molar-refractivity contribution in [1.82, 2.24) is 4.90 Å². The topological polar surface area (TPSA) is 62.2 Å². The summed E-state index contributed by atoms with van der Waals surface area (Å²) in [4.78, 5) is 2.51. The van der Waals surface area contributed by atoms with Crippen LogP contribution in [-0.2, 0) is 9.47 Å². The van der Waals surface area contributed by atoms with Crippen LogP contribution in [0.1, 0.15) is 61.8 Å². The first kappa shape index (κ1) is 27.6. The van der Waals surface area contributed by atoms with Crippen LogP contribution in [0.15, 0.2) is 0 Å². The Balaban J connectivity index is -0.000000332. The Morgan fingerprint density at radius 2 is 1.43 bits per heavy atom. The number of rotatable bonds is 8. The van der Waals surface area contributed by atoms with Gasteiger partial charge in [-0.05, 0) is 53.6 Å². The van der Waals surface area contributed by atoms with Crippen molar-refractivity contribution in [3.8, 4) is 0 Å². The van der Waals surface area contributed by atoms with Gasteiger partial charge < -0.3 is 24.6 Å². The molecule has 1 unspecified atom stereocenters. The zero-order valence-corrected chi connectivity index (χ0v) is 14.3. The molecule has 23 heavy (non-hydrogen) atoms. The molecule has 0 bridgehead atoms. The average molecular weight is 338 g/mol. The fourth-order valence-electron chi connectivity index (χ4n) is 1.96. The van der Waals surface area contributed by atoms with E-state index in [4.69, 9.17) is 19.7 Å². The maximum absolute atomic E-state index is 8.73. The van der Waals surface area contributed by atoms with E-state index in [1.807, 2.05) is 13.8 Å². The summed E-state index contributed by atoms with van der Waals surface area (Å²) in [6.45, 7) is 12.5. The van der Waals surface area contributed by atoms with Gasteiger partial charge in [-0.15, -0.1) is 0 Å². The number of hydrogen-bond acceptors (Lipinski definition) is 5. The molecule has 0 aromatic carbocycles. The highest BCUT2D eigenvalue weighted by atomic mass is 16.5. The minimum absolute atomic E-state index is 0. The highest BCUT2D eigenvalue weighted by Gasteiger charge is 2.09. The van der Waals surface area contributed by atoms with E-state index < -0.39 is 6.10 Å². The van der Waals surface area contributed by atoms with Gasteiger partial charge in [0.05, 0.1) is 32.0 Å². The minimum Gasteiger partial charge on any atom is -0.394 e. The summed E-state index contributed by atoms with van der Waals surface area (Å²) in [6.07, 6.45) is 3.94. The Bertz CT molecular complexity index is 219. The van der Waals surface area contributed by atoms with Gasteiger partial charge in [0.15, 0.2) is 0 Å². The lowest BCUT2D eigenvalue weighted by Gasteiger charge is -2.26. The fraction of sp³-hybridized carbons (Fsp3) is 1.00. The van der Waals surface area contributed by atoms with Crippen molar-refractivity contribution in [2.75, 3.05) is 39.5 Å². The van der Waals surface area contributed by atoms with E-state index in [9.17, 15) is 0 Å². The lowest BCUT2D eigenvalue weighted by Crippen LogP contribution is -2.33. The van der Waals surface area contributed by atoms with Gasteiger partial charge in [0.1, 0.15) is 6.10 Å². The standard InChI is InChI=1S/C10H21NO.C6H14O3.2CH4/c1-10(2)12-9-8-11-6-4-3-5-7-11;1-5(2)9-4-6(8)3-7;;/h10H,3-9H2,1-2H3;5-8H,3-4H2,1-2H3;2*1H4. The number of ether oxygens (including phenoxy) is 2. The van der Waals surface area contributed by atoms with E-state index in [1.54, 1.807) is 0 Å². The smallest absolute Gasteiger partial charge is 0.100 e. The first-order valence-corrected chi connectivity index (χ1v) is 8.20. The molecular weight excluding hydrogens is 294 g/mol. The van der Waals surface area contributed by atoms with Gasteiger partial charge in [-0.25, -0.2) is 0 Å². The highest BCUT2D eigenvalue weighted by Crippen LogP contribution is 2.07. The van der Waals surface area contributed by atoms with E-state index in [1.165, 1.54) is 32.4 Å².